The predicted molar refractivity (Wildman–Crippen MR) is 92.7 cm³/mol. The average molecular weight is 390 g/mol. The van der Waals surface area contributed by atoms with Crippen molar-refractivity contribution in [3.8, 4) is 11.4 Å². The molecule has 0 amide bonds. The first kappa shape index (κ1) is 18.6. The highest BCUT2D eigenvalue weighted by Crippen LogP contribution is 2.34. The van der Waals surface area contributed by atoms with Crippen molar-refractivity contribution in [3.63, 3.8) is 0 Å². The van der Waals surface area contributed by atoms with Crippen LogP contribution in [0.1, 0.15) is 29.5 Å². The number of halogens is 3. The van der Waals surface area contributed by atoms with Crippen LogP contribution in [-0.4, -0.2) is 37.8 Å². The number of hydrogen-bond acceptors (Lipinski definition) is 6. The maximum Gasteiger partial charge on any atom is 0.416 e. The molecule has 28 heavy (non-hydrogen) atoms. The number of β-amino-alcohol motifs (C(OH)–C–C–N with tert-alkyl or cyclic N) is 1. The summed E-state index contributed by atoms with van der Waals surface area (Å²) in [6.45, 7) is 1.02. The van der Waals surface area contributed by atoms with Gasteiger partial charge in [0.15, 0.2) is 0 Å². The number of pyridine rings is 1. The Morgan fingerprint density at radius 2 is 1.96 bits per heavy atom. The Hall–Kier alpha value is -2.78. The molecular weight excluding hydrogens is 373 g/mol. The molecule has 4 rings (SSSR count). The molecule has 1 fully saturated rings. The van der Waals surface area contributed by atoms with Gasteiger partial charge in [-0.3, -0.25) is 9.88 Å². The first-order valence-corrected chi connectivity index (χ1v) is 8.72. The van der Waals surface area contributed by atoms with Gasteiger partial charge in [-0.25, -0.2) is 0 Å². The van der Waals surface area contributed by atoms with E-state index in [1.807, 2.05) is 17.0 Å². The average Bonchev–Trinajstić information content (AvgIpc) is 3.29. The highest BCUT2D eigenvalue weighted by atomic mass is 19.4. The Labute approximate surface area is 158 Å². The van der Waals surface area contributed by atoms with Crippen LogP contribution in [0.4, 0.5) is 13.2 Å². The smallest absolute Gasteiger partial charge is 0.392 e. The number of nitrogens with zero attached hydrogens (tertiary/aromatic N) is 4. The SMILES string of the molecule is O[C@@H]1C[C@@H](c2nc(-c3ccc(C(F)(F)F)cc3)no2)N(Cc2cccnc2)C1. The summed E-state index contributed by atoms with van der Waals surface area (Å²) >= 11 is 0. The molecule has 1 saturated heterocycles. The molecule has 1 aliphatic rings. The Morgan fingerprint density at radius 1 is 1.18 bits per heavy atom. The predicted octanol–water partition coefficient (Wildman–Crippen LogP) is 3.46. The van der Waals surface area contributed by atoms with Crippen LogP contribution in [0.2, 0.25) is 0 Å². The number of hydrogen-bond donors (Lipinski definition) is 1. The van der Waals surface area contributed by atoms with Gasteiger partial charge < -0.3 is 9.63 Å². The lowest BCUT2D eigenvalue weighted by Crippen LogP contribution is -2.24. The Bertz CT molecular complexity index is 928. The first-order chi connectivity index (χ1) is 13.4. The molecule has 1 aliphatic heterocycles. The van der Waals surface area contributed by atoms with Crippen LogP contribution in [0.5, 0.6) is 0 Å². The molecule has 9 heteroatoms. The van der Waals surface area contributed by atoms with E-state index < -0.39 is 17.8 Å². The summed E-state index contributed by atoms with van der Waals surface area (Å²) in [7, 11) is 0. The van der Waals surface area contributed by atoms with E-state index in [1.54, 1.807) is 12.4 Å². The zero-order valence-corrected chi connectivity index (χ0v) is 14.7. The highest BCUT2D eigenvalue weighted by molar-refractivity contribution is 5.54. The van der Waals surface area contributed by atoms with E-state index in [2.05, 4.69) is 15.1 Å². The summed E-state index contributed by atoms with van der Waals surface area (Å²) in [5.41, 5.74) is 0.686. The van der Waals surface area contributed by atoms with Crippen molar-refractivity contribution in [2.24, 2.45) is 0 Å². The van der Waals surface area contributed by atoms with E-state index in [4.69, 9.17) is 4.52 Å². The van der Waals surface area contributed by atoms with Crippen molar-refractivity contribution >= 4 is 0 Å². The van der Waals surface area contributed by atoms with Gasteiger partial charge in [0.25, 0.3) is 0 Å². The van der Waals surface area contributed by atoms with Crippen molar-refractivity contribution in [3.05, 3.63) is 65.8 Å². The lowest BCUT2D eigenvalue weighted by Gasteiger charge is -2.20. The lowest BCUT2D eigenvalue weighted by atomic mass is 10.1. The fourth-order valence-electron chi connectivity index (χ4n) is 3.33. The largest absolute Gasteiger partial charge is 0.416 e. The standard InChI is InChI=1S/C19H17F3N4O2/c20-19(21,22)14-5-3-13(4-6-14)17-24-18(28-25-17)16-8-15(27)11-26(16)10-12-2-1-7-23-9-12/h1-7,9,15-16,27H,8,10-11H2/t15-,16+/m1/s1. The van der Waals surface area contributed by atoms with E-state index in [-0.39, 0.29) is 11.9 Å². The van der Waals surface area contributed by atoms with Gasteiger partial charge in [-0.1, -0.05) is 23.4 Å². The Balaban J connectivity index is 1.54. The van der Waals surface area contributed by atoms with Crippen LogP contribution in [0.15, 0.2) is 53.3 Å². The maximum atomic E-state index is 12.7. The van der Waals surface area contributed by atoms with E-state index in [9.17, 15) is 18.3 Å². The van der Waals surface area contributed by atoms with Crippen LogP contribution in [0.3, 0.4) is 0 Å². The van der Waals surface area contributed by atoms with Crippen molar-refractivity contribution in [2.75, 3.05) is 6.54 Å². The minimum atomic E-state index is -4.40. The summed E-state index contributed by atoms with van der Waals surface area (Å²) in [5, 5.41) is 14.0. The Morgan fingerprint density at radius 3 is 2.64 bits per heavy atom. The normalized spacial score (nSPS) is 20.6. The van der Waals surface area contributed by atoms with Crippen molar-refractivity contribution in [2.45, 2.75) is 31.3 Å². The molecule has 0 radical (unpaired) electrons. The van der Waals surface area contributed by atoms with Gasteiger partial charge >= 0.3 is 6.18 Å². The van der Waals surface area contributed by atoms with E-state index in [1.165, 1.54) is 12.1 Å². The first-order valence-electron chi connectivity index (χ1n) is 8.72. The third-order valence-corrected chi connectivity index (χ3v) is 4.69. The van der Waals surface area contributed by atoms with E-state index >= 15 is 0 Å². The van der Waals surface area contributed by atoms with Crippen LogP contribution < -0.4 is 0 Å². The molecule has 3 aromatic rings. The molecule has 0 bridgehead atoms. The molecule has 0 spiro atoms. The lowest BCUT2D eigenvalue weighted by molar-refractivity contribution is -0.137. The van der Waals surface area contributed by atoms with Gasteiger partial charge in [-0.15, -0.1) is 0 Å². The van der Waals surface area contributed by atoms with Crippen molar-refractivity contribution in [1.29, 1.82) is 0 Å². The number of rotatable bonds is 4. The number of aliphatic hydroxyl groups is 1. The second-order valence-corrected chi connectivity index (χ2v) is 6.73. The van der Waals surface area contributed by atoms with Gasteiger partial charge in [0, 0.05) is 31.0 Å². The summed E-state index contributed by atoms with van der Waals surface area (Å²) in [6, 6.07) is 8.11. The number of aliphatic hydroxyl groups excluding tert-OH is 1. The molecule has 146 valence electrons. The molecule has 0 aliphatic carbocycles. The fraction of sp³-hybridized carbons (Fsp3) is 0.316. The molecule has 2 aromatic heterocycles. The van der Waals surface area contributed by atoms with E-state index in [0.717, 1.165) is 17.7 Å². The second kappa shape index (κ2) is 7.33. The molecule has 6 nitrogen and oxygen atoms in total. The fourth-order valence-corrected chi connectivity index (χ4v) is 3.33. The quantitative estimate of drug-likeness (QED) is 0.735. The van der Waals surface area contributed by atoms with Crippen LogP contribution in [0.25, 0.3) is 11.4 Å². The third-order valence-electron chi connectivity index (χ3n) is 4.69. The molecule has 3 heterocycles. The molecule has 1 aromatic carbocycles. The molecule has 1 N–H and O–H groups in total. The molecule has 0 unspecified atom stereocenters. The summed E-state index contributed by atoms with van der Waals surface area (Å²) in [5.74, 6) is 0.543. The second-order valence-electron chi connectivity index (χ2n) is 6.73. The number of likely N-dealkylation sites (tertiary alicyclic amines) is 1. The zero-order valence-electron chi connectivity index (χ0n) is 14.7. The van der Waals surface area contributed by atoms with Crippen LogP contribution >= 0.6 is 0 Å². The van der Waals surface area contributed by atoms with Gasteiger partial charge in [0.1, 0.15) is 0 Å². The molecule has 2 atom stereocenters. The number of benzene rings is 1. The topological polar surface area (TPSA) is 75.3 Å². The molecule has 0 saturated carbocycles. The minimum Gasteiger partial charge on any atom is -0.392 e. The van der Waals surface area contributed by atoms with Crippen LogP contribution in [0, 0.1) is 0 Å². The molecular formula is C19H17F3N4O2. The van der Waals surface area contributed by atoms with Crippen molar-refractivity contribution in [1.82, 2.24) is 20.0 Å². The monoisotopic (exact) mass is 390 g/mol. The van der Waals surface area contributed by atoms with E-state index in [0.29, 0.717) is 31.0 Å². The summed E-state index contributed by atoms with van der Waals surface area (Å²) < 4.78 is 43.5. The maximum absolute atomic E-state index is 12.7. The number of alkyl halides is 3. The highest BCUT2D eigenvalue weighted by Gasteiger charge is 2.36. The van der Waals surface area contributed by atoms with Crippen LogP contribution in [-0.2, 0) is 12.7 Å². The van der Waals surface area contributed by atoms with Gasteiger partial charge in [-0.05, 0) is 30.2 Å². The number of aromatic nitrogens is 3. The van der Waals surface area contributed by atoms with Crippen molar-refractivity contribution < 1.29 is 22.8 Å². The third kappa shape index (κ3) is 3.90. The summed E-state index contributed by atoms with van der Waals surface area (Å²) in [4.78, 5) is 10.5. The Kier molecular flexibility index (Phi) is 4.86. The van der Waals surface area contributed by atoms with Gasteiger partial charge in [0.2, 0.25) is 11.7 Å². The minimum absolute atomic E-state index is 0.214. The zero-order chi connectivity index (χ0) is 19.7. The summed E-state index contributed by atoms with van der Waals surface area (Å²) in [6.07, 6.45) is -1.04. The van der Waals surface area contributed by atoms with Gasteiger partial charge in [0.05, 0.1) is 17.7 Å². The van der Waals surface area contributed by atoms with Gasteiger partial charge in [-0.2, -0.15) is 18.2 Å².